The molecule has 0 spiro atoms. The van der Waals surface area contributed by atoms with Crippen LogP contribution in [-0.2, 0) is 10.0 Å². The van der Waals surface area contributed by atoms with E-state index in [0.29, 0.717) is 18.8 Å². The molecule has 2 rings (SSSR count). The van der Waals surface area contributed by atoms with Crippen molar-refractivity contribution in [3.63, 3.8) is 0 Å². The Morgan fingerprint density at radius 1 is 1.50 bits per heavy atom. The second-order valence-corrected chi connectivity index (χ2v) is 6.21. The summed E-state index contributed by atoms with van der Waals surface area (Å²) in [5.74, 6) is 0.487. The first-order chi connectivity index (χ1) is 8.48. The maximum absolute atomic E-state index is 12.2. The molecule has 18 heavy (non-hydrogen) atoms. The predicted octanol–water partition coefficient (Wildman–Crippen LogP) is -0.110. The third-order valence-corrected chi connectivity index (χ3v) is 4.85. The van der Waals surface area contributed by atoms with Gasteiger partial charge in [0.25, 0.3) is 0 Å². The molecule has 1 aromatic carbocycles. The van der Waals surface area contributed by atoms with Crippen LogP contribution in [0.4, 0.5) is 5.69 Å². The summed E-state index contributed by atoms with van der Waals surface area (Å²) < 4.78 is 30.7. The monoisotopic (exact) mass is 272 g/mol. The first-order valence-electron chi connectivity index (χ1n) is 5.53. The Balaban J connectivity index is 2.23. The number of rotatable bonds is 4. The topological polar surface area (TPSA) is 92.9 Å². The van der Waals surface area contributed by atoms with Crippen LogP contribution in [0, 0.1) is 5.92 Å². The fraction of sp³-hybridized carbons (Fsp3) is 0.455. The molecule has 0 aliphatic carbocycles. The normalized spacial score (nSPS) is 17.4. The summed E-state index contributed by atoms with van der Waals surface area (Å²) in [5, 5.41) is 8.89. The minimum atomic E-state index is -3.51. The lowest BCUT2D eigenvalue weighted by Gasteiger charge is -2.36. The van der Waals surface area contributed by atoms with Crippen LogP contribution in [0.1, 0.15) is 0 Å². The summed E-state index contributed by atoms with van der Waals surface area (Å²) >= 11 is 0. The summed E-state index contributed by atoms with van der Waals surface area (Å²) in [7, 11) is -2.03. The summed E-state index contributed by atoms with van der Waals surface area (Å²) in [6.45, 7) is 0.715. The molecule has 0 atom stereocenters. The van der Waals surface area contributed by atoms with E-state index in [1.165, 1.54) is 29.6 Å². The Kier molecular flexibility index (Phi) is 3.47. The molecular weight excluding hydrogens is 256 g/mol. The molecule has 1 aliphatic heterocycles. The van der Waals surface area contributed by atoms with Gasteiger partial charge >= 0.3 is 0 Å². The number of nitrogen functional groups attached to an aromatic ring is 1. The van der Waals surface area contributed by atoms with E-state index < -0.39 is 10.0 Å². The number of hydrogen-bond acceptors (Lipinski definition) is 5. The van der Waals surface area contributed by atoms with Gasteiger partial charge in [-0.05, 0) is 18.2 Å². The van der Waals surface area contributed by atoms with Gasteiger partial charge in [0.2, 0.25) is 10.0 Å². The van der Waals surface area contributed by atoms with E-state index in [0.717, 1.165) is 0 Å². The van der Waals surface area contributed by atoms with Gasteiger partial charge in [0.05, 0.1) is 17.7 Å². The first kappa shape index (κ1) is 13.1. The molecule has 6 nitrogen and oxygen atoms in total. The fourth-order valence-electron chi connectivity index (χ4n) is 1.86. The van der Waals surface area contributed by atoms with Crippen molar-refractivity contribution in [3.05, 3.63) is 18.2 Å². The van der Waals surface area contributed by atoms with Crippen molar-refractivity contribution in [2.45, 2.75) is 4.90 Å². The number of aliphatic hydroxyl groups is 1. The highest BCUT2D eigenvalue weighted by Crippen LogP contribution is 2.29. The second kappa shape index (κ2) is 4.75. The van der Waals surface area contributed by atoms with E-state index in [4.69, 9.17) is 15.6 Å². The predicted molar refractivity (Wildman–Crippen MR) is 66.7 cm³/mol. The summed E-state index contributed by atoms with van der Waals surface area (Å²) in [6, 6.07) is 4.39. The SMILES string of the molecule is COc1ccc(S(=O)(=O)N2CC(CO)C2)cc1N. The van der Waals surface area contributed by atoms with Crippen molar-refractivity contribution in [2.75, 3.05) is 32.5 Å². The largest absolute Gasteiger partial charge is 0.495 e. The maximum atomic E-state index is 12.2. The van der Waals surface area contributed by atoms with E-state index in [1.54, 1.807) is 0 Å². The van der Waals surface area contributed by atoms with Gasteiger partial charge in [-0.2, -0.15) is 4.31 Å². The van der Waals surface area contributed by atoms with Gasteiger partial charge in [-0.3, -0.25) is 0 Å². The van der Waals surface area contributed by atoms with Crippen molar-refractivity contribution < 1.29 is 18.3 Å². The number of nitrogens with two attached hydrogens (primary N) is 1. The highest BCUT2D eigenvalue weighted by Gasteiger charge is 2.36. The van der Waals surface area contributed by atoms with Crippen LogP contribution in [0.25, 0.3) is 0 Å². The molecule has 100 valence electrons. The third kappa shape index (κ3) is 2.16. The second-order valence-electron chi connectivity index (χ2n) is 4.27. The van der Waals surface area contributed by atoms with E-state index in [1.807, 2.05) is 0 Å². The number of ether oxygens (including phenoxy) is 1. The van der Waals surface area contributed by atoms with Gasteiger partial charge in [-0.25, -0.2) is 8.42 Å². The van der Waals surface area contributed by atoms with Crippen LogP contribution in [0.2, 0.25) is 0 Å². The molecule has 0 amide bonds. The smallest absolute Gasteiger partial charge is 0.243 e. The van der Waals surface area contributed by atoms with E-state index in [-0.39, 0.29) is 23.1 Å². The van der Waals surface area contributed by atoms with Crippen molar-refractivity contribution in [1.29, 1.82) is 0 Å². The number of aliphatic hydroxyl groups excluding tert-OH is 1. The van der Waals surface area contributed by atoms with Crippen LogP contribution in [0.5, 0.6) is 5.75 Å². The van der Waals surface area contributed by atoms with Crippen LogP contribution in [-0.4, -0.2) is 44.6 Å². The minimum Gasteiger partial charge on any atom is -0.495 e. The van der Waals surface area contributed by atoms with E-state index in [9.17, 15) is 8.42 Å². The number of nitrogens with zero attached hydrogens (tertiary/aromatic N) is 1. The quantitative estimate of drug-likeness (QED) is 0.746. The molecule has 0 radical (unpaired) electrons. The highest BCUT2D eigenvalue weighted by atomic mass is 32.2. The Hall–Kier alpha value is -1.31. The average Bonchev–Trinajstić information content (AvgIpc) is 2.27. The van der Waals surface area contributed by atoms with Crippen LogP contribution in [0.15, 0.2) is 23.1 Å². The Bertz CT molecular complexity index is 538. The first-order valence-corrected chi connectivity index (χ1v) is 6.97. The molecule has 3 N–H and O–H groups in total. The van der Waals surface area contributed by atoms with Crippen LogP contribution >= 0.6 is 0 Å². The lowest BCUT2D eigenvalue weighted by molar-refractivity contribution is 0.117. The number of anilines is 1. The number of hydrogen-bond donors (Lipinski definition) is 2. The fourth-order valence-corrected chi connectivity index (χ4v) is 3.48. The van der Waals surface area contributed by atoms with Gasteiger partial charge in [-0.1, -0.05) is 0 Å². The van der Waals surface area contributed by atoms with Gasteiger partial charge in [0.1, 0.15) is 5.75 Å². The summed E-state index contributed by atoms with van der Waals surface area (Å²) in [6.07, 6.45) is 0. The molecule has 1 aliphatic rings. The molecule has 0 saturated carbocycles. The van der Waals surface area contributed by atoms with Gasteiger partial charge < -0.3 is 15.6 Å². The lowest BCUT2D eigenvalue weighted by Crippen LogP contribution is -2.51. The molecule has 1 aromatic rings. The van der Waals surface area contributed by atoms with Crippen molar-refractivity contribution in [2.24, 2.45) is 5.92 Å². The molecule has 0 bridgehead atoms. The van der Waals surface area contributed by atoms with Crippen molar-refractivity contribution in [1.82, 2.24) is 4.31 Å². The number of benzene rings is 1. The molecular formula is C11H16N2O4S. The highest BCUT2D eigenvalue weighted by molar-refractivity contribution is 7.89. The van der Waals surface area contributed by atoms with Crippen LogP contribution < -0.4 is 10.5 Å². The van der Waals surface area contributed by atoms with Crippen LogP contribution in [0.3, 0.4) is 0 Å². The molecule has 1 saturated heterocycles. The molecule has 1 heterocycles. The Labute approximate surface area is 106 Å². The van der Waals surface area contributed by atoms with E-state index in [2.05, 4.69) is 0 Å². The molecule has 0 aromatic heterocycles. The average molecular weight is 272 g/mol. The third-order valence-electron chi connectivity index (χ3n) is 3.02. The standard InChI is InChI=1S/C11H16N2O4S/c1-17-11-3-2-9(4-10(11)12)18(15,16)13-5-8(6-13)7-14/h2-4,8,14H,5-7,12H2,1H3. The lowest BCUT2D eigenvalue weighted by atomic mass is 10.1. The van der Waals surface area contributed by atoms with Gasteiger partial charge in [0.15, 0.2) is 0 Å². The van der Waals surface area contributed by atoms with Crippen molar-refractivity contribution >= 4 is 15.7 Å². The molecule has 0 unspecified atom stereocenters. The van der Waals surface area contributed by atoms with Crippen molar-refractivity contribution in [3.8, 4) is 5.75 Å². The summed E-state index contributed by atoms with van der Waals surface area (Å²) in [4.78, 5) is 0.150. The zero-order chi connectivity index (χ0) is 13.3. The maximum Gasteiger partial charge on any atom is 0.243 e. The number of methoxy groups -OCH3 is 1. The Morgan fingerprint density at radius 3 is 2.67 bits per heavy atom. The van der Waals surface area contributed by atoms with E-state index >= 15 is 0 Å². The number of sulfonamides is 1. The molecule has 7 heteroatoms. The molecule has 1 fully saturated rings. The van der Waals surface area contributed by atoms with Gasteiger partial charge in [0, 0.05) is 25.6 Å². The van der Waals surface area contributed by atoms with Gasteiger partial charge in [-0.15, -0.1) is 0 Å². The summed E-state index contributed by atoms with van der Waals surface area (Å²) in [5.41, 5.74) is 5.98. The minimum absolute atomic E-state index is 0.0107. The zero-order valence-electron chi connectivity index (χ0n) is 10.0. The Morgan fingerprint density at radius 2 is 2.17 bits per heavy atom. The zero-order valence-corrected chi connectivity index (χ0v) is 10.9.